The van der Waals surface area contributed by atoms with Crippen LogP contribution in [-0.4, -0.2) is 20.0 Å². The standard InChI is InChI=1S/C23H40O2/c1-3-4-18-5-7-19(8-6-18)9-10-20-11-13-21(14-12-20)22-15-16-23(24-2)25-17-22/h9-10,18-23H,3-8,11-17H2,1-2H3. The summed E-state index contributed by atoms with van der Waals surface area (Å²) in [6.45, 7) is 3.25. The highest BCUT2D eigenvalue weighted by Gasteiger charge is 2.31. The van der Waals surface area contributed by atoms with E-state index in [-0.39, 0.29) is 6.29 Å². The molecule has 0 aromatic carbocycles. The Morgan fingerprint density at radius 3 is 1.92 bits per heavy atom. The number of hydrogen-bond donors (Lipinski definition) is 0. The molecule has 2 aliphatic carbocycles. The maximum atomic E-state index is 5.84. The summed E-state index contributed by atoms with van der Waals surface area (Å²) in [5.41, 5.74) is 0. The monoisotopic (exact) mass is 348 g/mol. The zero-order chi connectivity index (χ0) is 17.5. The molecule has 0 amide bonds. The van der Waals surface area contributed by atoms with Crippen LogP contribution >= 0.6 is 0 Å². The van der Waals surface area contributed by atoms with Crippen molar-refractivity contribution < 1.29 is 9.47 Å². The molecule has 1 saturated heterocycles. The van der Waals surface area contributed by atoms with Gasteiger partial charge in [-0.25, -0.2) is 0 Å². The molecule has 0 bridgehead atoms. The lowest BCUT2D eigenvalue weighted by molar-refractivity contribution is -0.167. The van der Waals surface area contributed by atoms with E-state index in [4.69, 9.17) is 9.47 Å². The molecule has 3 rings (SSSR count). The maximum Gasteiger partial charge on any atom is 0.157 e. The van der Waals surface area contributed by atoms with Gasteiger partial charge in [0.15, 0.2) is 6.29 Å². The van der Waals surface area contributed by atoms with Crippen LogP contribution in [0.1, 0.15) is 84.0 Å². The van der Waals surface area contributed by atoms with Gasteiger partial charge < -0.3 is 9.47 Å². The normalized spacial score (nSPS) is 40.4. The van der Waals surface area contributed by atoms with Crippen molar-refractivity contribution in [3.8, 4) is 0 Å². The van der Waals surface area contributed by atoms with Gasteiger partial charge in [-0.2, -0.15) is 0 Å². The maximum absolute atomic E-state index is 5.84. The molecule has 2 saturated carbocycles. The molecule has 2 heteroatoms. The van der Waals surface area contributed by atoms with Crippen LogP contribution in [0, 0.1) is 29.6 Å². The summed E-state index contributed by atoms with van der Waals surface area (Å²) in [7, 11) is 1.76. The lowest BCUT2D eigenvalue weighted by Gasteiger charge is -2.37. The van der Waals surface area contributed by atoms with Crippen molar-refractivity contribution in [3.05, 3.63) is 12.2 Å². The molecule has 2 nitrogen and oxygen atoms in total. The fourth-order valence-electron chi connectivity index (χ4n) is 5.51. The summed E-state index contributed by atoms with van der Waals surface area (Å²) in [5, 5.41) is 0. The van der Waals surface area contributed by atoms with Gasteiger partial charge in [0, 0.05) is 7.11 Å². The van der Waals surface area contributed by atoms with Crippen LogP contribution in [0.2, 0.25) is 0 Å². The van der Waals surface area contributed by atoms with Gasteiger partial charge in [0.2, 0.25) is 0 Å². The summed E-state index contributed by atoms with van der Waals surface area (Å²) < 4.78 is 11.2. The Bertz CT molecular complexity index is 381. The van der Waals surface area contributed by atoms with Crippen LogP contribution in [0.25, 0.3) is 0 Å². The fourth-order valence-corrected chi connectivity index (χ4v) is 5.51. The topological polar surface area (TPSA) is 18.5 Å². The van der Waals surface area contributed by atoms with Crippen LogP contribution in [0.15, 0.2) is 12.2 Å². The molecule has 1 heterocycles. The summed E-state index contributed by atoms with van der Waals surface area (Å²) in [5.74, 6) is 4.43. The zero-order valence-corrected chi connectivity index (χ0v) is 16.6. The molecule has 2 unspecified atom stereocenters. The molecule has 25 heavy (non-hydrogen) atoms. The SMILES string of the molecule is CCCC1CCC(C=CC2CCC(C3CCC(OC)OC3)CC2)CC1. The average molecular weight is 349 g/mol. The first-order valence-electron chi connectivity index (χ1n) is 11.1. The molecule has 0 N–H and O–H groups in total. The fraction of sp³-hybridized carbons (Fsp3) is 0.913. The Hall–Kier alpha value is -0.340. The molecule has 2 atom stereocenters. The van der Waals surface area contributed by atoms with Gasteiger partial charge in [-0.15, -0.1) is 0 Å². The van der Waals surface area contributed by atoms with Crippen LogP contribution in [0.5, 0.6) is 0 Å². The van der Waals surface area contributed by atoms with Crippen LogP contribution in [-0.2, 0) is 9.47 Å². The molecule has 0 aromatic heterocycles. The van der Waals surface area contributed by atoms with E-state index in [9.17, 15) is 0 Å². The zero-order valence-electron chi connectivity index (χ0n) is 16.6. The molecule has 1 aliphatic heterocycles. The van der Waals surface area contributed by atoms with E-state index in [1.165, 1.54) is 70.6 Å². The van der Waals surface area contributed by atoms with E-state index in [1.807, 2.05) is 0 Å². The second-order valence-corrected chi connectivity index (χ2v) is 8.97. The van der Waals surface area contributed by atoms with Gasteiger partial charge in [-0.1, -0.05) is 31.9 Å². The predicted octanol–water partition coefficient (Wildman–Crippen LogP) is 6.35. The molecule has 0 spiro atoms. The van der Waals surface area contributed by atoms with Gasteiger partial charge in [0.05, 0.1) is 6.61 Å². The molecular formula is C23H40O2. The molecule has 0 radical (unpaired) electrons. The third-order valence-electron chi connectivity index (χ3n) is 7.26. The van der Waals surface area contributed by atoms with E-state index < -0.39 is 0 Å². The Morgan fingerprint density at radius 1 is 0.800 bits per heavy atom. The van der Waals surface area contributed by atoms with Crippen molar-refractivity contribution in [3.63, 3.8) is 0 Å². The van der Waals surface area contributed by atoms with Crippen molar-refractivity contribution in [2.75, 3.05) is 13.7 Å². The first-order chi connectivity index (χ1) is 12.3. The second-order valence-electron chi connectivity index (χ2n) is 8.97. The number of allylic oxidation sites excluding steroid dienone is 2. The summed E-state index contributed by atoms with van der Waals surface area (Å²) in [6, 6.07) is 0. The third kappa shape index (κ3) is 5.82. The minimum Gasteiger partial charge on any atom is -0.356 e. The van der Waals surface area contributed by atoms with Gasteiger partial charge >= 0.3 is 0 Å². The van der Waals surface area contributed by atoms with E-state index >= 15 is 0 Å². The van der Waals surface area contributed by atoms with Crippen molar-refractivity contribution in [1.82, 2.24) is 0 Å². The highest BCUT2D eigenvalue weighted by molar-refractivity contribution is 4.96. The minimum atomic E-state index is 0.0583. The molecule has 144 valence electrons. The van der Waals surface area contributed by atoms with Crippen LogP contribution < -0.4 is 0 Å². The van der Waals surface area contributed by atoms with Crippen LogP contribution in [0.3, 0.4) is 0 Å². The molecule has 3 fully saturated rings. The predicted molar refractivity (Wildman–Crippen MR) is 104 cm³/mol. The smallest absolute Gasteiger partial charge is 0.157 e. The number of ether oxygens (including phenoxy) is 2. The van der Waals surface area contributed by atoms with E-state index in [2.05, 4.69) is 19.1 Å². The second kappa shape index (κ2) is 10.1. The highest BCUT2D eigenvalue weighted by Crippen LogP contribution is 2.39. The van der Waals surface area contributed by atoms with E-state index in [1.54, 1.807) is 7.11 Å². The van der Waals surface area contributed by atoms with E-state index in [0.717, 1.165) is 42.6 Å². The van der Waals surface area contributed by atoms with Crippen molar-refractivity contribution >= 4 is 0 Å². The largest absolute Gasteiger partial charge is 0.356 e. The number of methoxy groups -OCH3 is 1. The molecule has 0 aromatic rings. The van der Waals surface area contributed by atoms with Gasteiger partial charge in [-0.05, 0) is 93.8 Å². The first kappa shape index (κ1) is 19.4. The summed E-state index contributed by atoms with van der Waals surface area (Å²) in [4.78, 5) is 0. The lowest BCUT2D eigenvalue weighted by Crippen LogP contribution is -2.33. The Kier molecular flexibility index (Phi) is 7.86. The number of hydrogen-bond acceptors (Lipinski definition) is 2. The van der Waals surface area contributed by atoms with Crippen molar-refractivity contribution in [2.45, 2.75) is 90.3 Å². The van der Waals surface area contributed by atoms with Crippen molar-refractivity contribution in [2.24, 2.45) is 29.6 Å². The van der Waals surface area contributed by atoms with Crippen LogP contribution in [0.4, 0.5) is 0 Å². The quantitative estimate of drug-likeness (QED) is 0.520. The molecule has 3 aliphatic rings. The minimum absolute atomic E-state index is 0.0583. The van der Waals surface area contributed by atoms with Gasteiger partial charge in [0.1, 0.15) is 0 Å². The first-order valence-corrected chi connectivity index (χ1v) is 11.1. The van der Waals surface area contributed by atoms with Gasteiger partial charge in [0.25, 0.3) is 0 Å². The third-order valence-corrected chi connectivity index (χ3v) is 7.26. The van der Waals surface area contributed by atoms with Crippen molar-refractivity contribution in [1.29, 1.82) is 0 Å². The van der Waals surface area contributed by atoms with E-state index in [0.29, 0.717) is 0 Å². The lowest BCUT2D eigenvalue weighted by atomic mass is 9.73. The highest BCUT2D eigenvalue weighted by atomic mass is 16.7. The summed E-state index contributed by atoms with van der Waals surface area (Å²) >= 11 is 0. The Morgan fingerprint density at radius 2 is 1.40 bits per heavy atom. The Labute approximate surface area is 155 Å². The average Bonchev–Trinajstić information content (AvgIpc) is 2.68. The summed E-state index contributed by atoms with van der Waals surface area (Å²) in [6.07, 6.45) is 21.9. The van der Waals surface area contributed by atoms with Gasteiger partial charge in [-0.3, -0.25) is 0 Å². The number of rotatable bonds is 6. The molecular weight excluding hydrogens is 308 g/mol. The Balaban J connectivity index is 1.34.